The minimum atomic E-state index is -1.14. The van der Waals surface area contributed by atoms with Crippen molar-refractivity contribution in [3.05, 3.63) is 11.6 Å². The second-order valence-electron chi connectivity index (χ2n) is 11.4. The van der Waals surface area contributed by atoms with Crippen molar-refractivity contribution in [1.82, 2.24) is 0 Å². The third-order valence-electron chi connectivity index (χ3n) is 10.4. The monoisotopic (exact) mass is 448 g/mol. The molecule has 0 aromatic rings. The van der Waals surface area contributed by atoms with Crippen molar-refractivity contribution in [1.29, 1.82) is 0 Å². The third kappa shape index (κ3) is 2.14. The Morgan fingerprint density at radius 3 is 2.59 bits per heavy atom. The molecule has 3 N–H and O–H groups in total. The van der Waals surface area contributed by atoms with Crippen molar-refractivity contribution in [2.24, 2.45) is 28.6 Å². The Morgan fingerprint density at radius 1 is 1.19 bits per heavy atom. The molecule has 2 heterocycles. The van der Waals surface area contributed by atoms with Crippen LogP contribution in [0.1, 0.15) is 52.4 Å². The minimum absolute atomic E-state index is 0.00623. The van der Waals surface area contributed by atoms with Gasteiger partial charge >= 0.3 is 11.9 Å². The van der Waals surface area contributed by atoms with E-state index < -0.39 is 46.8 Å². The lowest BCUT2D eigenvalue weighted by Gasteiger charge is -2.60. The highest BCUT2D eigenvalue weighted by Crippen LogP contribution is 2.78. The molecule has 8 nitrogen and oxygen atoms in total. The maximum absolute atomic E-state index is 13.1. The van der Waals surface area contributed by atoms with Crippen LogP contribution in [0.2, 0.25) is 0 Å². The molecule has 8 heteroatoms. The van der Waals surface area contributed by atoms with Gasteiger partial charge in [-0.15, -0.1) is 0 Å². The van der Waals surface area contributed by atoms with E-state index >= 15 is 0 Å². The van der Waals surface area contributed by atoms with Crippen LogP contribution < -0.4 is 0 Å². The van der Waals surface area contributed by atoms with E-state index in [1.165, 1.54) is 13.2 Å². The van der Waals surface area contributed by atoms with Gasteiger partial charge in [0.2, 0.25) is 0 Å². The highest BCUT2D eigenvalue weighted by molar-refractivity contribution is 5.76. The molecule has 0 radical (unpaired) electrons. The fraction of sp³-hybridized carbons (Fsp3) is 0.833. The first-order valence-corrected chi connectivity index (χ1v) is 11.8. The average molecular weight is 449 g/mol. The Bertz CT molecular complexity index is 931. The molecule has 0 aromatic carbocycles. The van der Waals surface area contributed by atoms with Crippen molar-refractivity contribution in [3.8, 4) is 0 Å². The van der Waals surface area contributed by atoms with Gasteiger partial charge in [0.25, 0.3) is 0 Å². The van der Waals surface area contributed by atoms with Gasteiger partial charge in [-0.05, 0) is 43.6 Å². The van der Waals surface area contributed by atoms with Crippen LogP contribution in [0, 0.1) is 28.6 Å². The van der Waals surface area contributed by atoms with E-state index in [0.29, 0.717) is 24.8 Å². The number of aliphatic hydroxyl groups excluding tert-OH is 3. The van der Waals surface area contributed by atoms with Crippen LogP contribution in [0.5, 0.6) is 0 Å². The van der Waals surface area contributed by atoms with Crippen LogP contribution >= 0.6 is 0 Å². The lowest BCUT2D eigenvalue weighted by Crippen LogP contribution is -2.67. The quantitative estimate of drug-likeness (QED) is 0.306. The molecule has 3 saturated carbocycles. The van der Waals surface area contributed by atoms with Crippen LogP contribution in [-0.4, -0.2) is 70.0 Å². The molecule has 6 rings (SSSR count). The van der Waals surface area contributed by atoms with E-state index in [0.717, 1.165) is 12.8 Å². The molecule has 2 spiro atoms. The fourth-order valence-corrected chi connectivity index (χ4v) is 8.94. The van der Waals surface area contributed by atoms with Gasteiger partial charge < -0.3 is 29.5 Å². The van der Waals surface area contributed by atoms with E-state index in [9.17, 15) is 24.9 Å². The predicted molar refractivity (Wildman–Crippen MR) is 109 cm³/mol. The first-order valence-electron chi connectivity index (χ1n) is 11.8. The molecule has 32 heavy (non-hydrogen) atoms. The van der Waals surface area contributed by atoms with Crippen molar-refractivity contribution in [2.75, 3.05) is 7.11 Å². The minimum Gasteiger partial charge on any atom is -0.469 e. The molecule has 0 bridgehead atoms. The second kappa shape index (κ2) is 6.14. The average Bonchev–Trinajstić information content (AvgIpc) is 3.24. The Balaban J connectivity index is 1.52. The highest BCUT2D eigenvalue weighted by atomic mass is 16.6. The summed E-state index contributed by atoms with van der Waals surface area (Å²) in [6.45, 7) is 4.14. The zero-order valence-corrected chi connectivity index (χ0v) is 18.7. The maximum atomic E-state index is 13.1. The summed E-state index contributed by atoms with van der Waals surface area (Å²) in [7, 11) is 1.32. The lowest BCUT2D eigenvalue weighted by atomic mass is 9.43. The van der Waals surface area contributed by atoms with Crippen molar-refractivity contribution >= 4 is 11.9 Å². The predicted octanol–water partition coefficient (Wildman–Crippen LogP) is 0.858. The fourth-order valence-electron chi connectivity index (χ4n) is 8.94. The Kier molecular flexibility index (Phi) is 4.05. The summed E-state index contributed by atoms with van der Waals surface area (Å²) in [6, 6.07) is 0. The van der Waals surface area contributed by atoms with Crippen LogP contribution in [0.4, 0.5) is 0 Å². The maximum Gasteiger partial charge on any atom is 0.312 e. The Labute approximate surface area is 186 Å². The summed E-state index contributed by atoms with van der Waals surface area (Å²) in [5.74, 6) is -1.85. The summed E-state index contributed by atoms with van der Waals surface area (Å²) >= 11 is 0. The number of ether oxygens (including phenoxy) is 3. The molecule has 4 aliphatic carbocycles. The number of epoxide rings is 1. The van der Waals surface area contributed by atoms with Crippen molar-refractivity contribution < 1.29 is 39.1 Å². The molecule has 3 unspecified atom stereocenters. The van der Waals surface area contributed by atoms with Gasteiger partial charge in [-0.2, -0.15) is 0 Å². The van der Waals surface area contributed by atoms with E-state index in [1.807, 2.05) is 6.92 Å². The molecule has 11 atom stereocenters. The lowest BCUT2D eigenvalue weighted by molar-refractivity contribution is -0.182. The number of carbonyl (C=O) groups is 2. The van der Waals surface area contributed by atoms with Gasteiger partial charge in [0, 0.05) is 23.2 Å². The van der Waals surface area contributed by atoms with E-state index in [1.54, 1.807) is 0 Å². The zero-order valence-electron chi connectivity index (χ0n) is 18.7. The topological polar surface area (TPSA) is 126 Å². The van der Waals surface area contributed by atoms with Crippen LogP contribution in [0.25, 0.3) is 0 Å². The number of methoxy groups -OCH3 is 1. The summed E-state index contributed by atoms with van der Waals surface area (Å²) in [6.07, 6.45) is 1.67. The van der Waals surface area contributed by atoms with Crippen LogP contribution in [0.15, 0.2) is 11.6 Å². The largest absolute Gasteiger partial charge is 0.469 e. The van der Waals surface area contributed by atoms with Gasteiger partial charge in [-0.3, -0.25) is 9.59 Å². The van der Waals surface area contributed by atoms with E-state index in [2.05, 4.69) is 6.92 Å². The number of hydrogen-bond donors (Lipinski definition) is 3. The number of hydrogen-bond acceptors (Lipinski definition) is 8. The van der Waals surface area contributed by atoms with Gasteiger partial charge in [-0.25, -0.2) is 0 Å². The van der Waals surface area contributed by atoms with Gasteiger partial charge in [0.1, 0.15) is 11.2 Å². The van der Waals surface area contributed by atoms with Crippen molar-refractivity contribution in [2.45, 2.75) is 88.0 Å². The number of aliphatic hydroxyl groups is 3. The molecule has 176 valence electrons. The van der Waals surface area contributed by atoms with Gasteiger partial charge in [0.05, 0.1) is 37.4 Å². The molecular weight excluding hydrogens is 416 g/mol. The SMILES string of the molecule is COC(=O)C1C2C3CC[C@@]4(CCC(=O)O4)[C@@]3(C)C[C@@H]3O[C@@]23[C@@]2(C)C[C@@H](O)[C@H](O)C=C2[C@@H]1O. The number of carbonyl (C=O) groups excluding carboxylic acids is 2. The number of fused-ring (bicyclic) bond motifs is 4. The first kappa shape index (κ1) is 21.1. The molecule has 5 fully saturated rings. The van der Waals surface area contributed by atoms with E-state index in [-0.39, 0.29) is 35.7 Å². The van der Waals surface area contributed by atoms with Crippen LogP contribution in [-0.2, 0) is 23.8 Å². The summed E-state index contributed by atoms with van der Waals surface area (Å²) in [5.41, 5.74) is -1.80. The summed E-state index contributed by atoms with van der Waals surface area (Å²) in [4.78, 5) is 25.3. The summed E-state index contributed by atoms with van der Waals surface area (Å²) < 4.78 is 17.7. The molecule has 6 aliphatic rings. The Morgan fingerprint density at radius 2 is 1.94 bits per heavy atom. The molecule has 0 amide bonds. The zero-order chi connectivity index (χ0) is 22.8. The van der Waals surface area contributed by atoms with Crippen molar-refractivity contribution in [3.63, 3.8) is 0 Å². The smallest absolute Gasteiger partial charge is 0.312 e. The molecular formula is C24H32O8. The normalized spacial score (nSPS) is 57.6. The standard InChI is InChI=1S/C24H32O8/c1-21-10-15-24(31-15)18(11(21)4-6-23(21)7-5-16(27)32-23)17(20(29)30-3)19(28)12-8-13(25)14(26)9-22(12,24)2/h8,11,13-15,17-19,25-26,28H,4-7,9-10H2,1-3H3/t11?,13-,14-,15+,17?,18?,19+,21+,22+,23-,24-/m1/s1. The summed E-state index contributed by atoms with van der Waals surface area (Å²) in [5, 5.41) is 32.4. The van der Waals surface area contributed by atoms with E-state index in [4.69, 9.17) is 14.2 Å². The molecule has 2 aliphatic heterocycles. The Hall–Kier alpha value is -1.48. The number of rotatable bonds is 1. The number of esters is 2. The first-order chi connectivity index (χ1) is 15.0. The van der Waals surface area contributed by atoms with Crippen LogP contribution in [0.3, 0.4) is 0 Å². The molecule has 2 saturated heterocycles. The second-order valence-corrected chi connectivity index (χ2v) is 11.4. The van der Waals surface area contributed by atoms with Gasteiger partial charge in [0.15, 0.2) is 0 Å². The molecule has 0 aromatic heterocycles. The highest BCUT2D eigenvalue weighted by Gasteiger charge is 2.85. The third-order valence-corrected chi connectivity index (χ3v) is 10.4. The van der Waals surface area contributed by atoms with Gasteiger partial charge in [-0.1, -0.05) is 19.9 Å².